The van der Waals surface area contributed by atoms with Crippen molar-refractivity contribution in [2.24, 2.45) is 0 Å². The lowest BCUT2D eigenvalue weighted by Crippen LogP contribution is -2.53. The fourth-order valence-electron chi connectivity index (χ4n) is 2.53. The van der Waals surface area contributed by atoms with E-state index in [2.05, 4.69) is 0 Å². The van der Waals surface area contributed by atoms with Gasteiger partial charge in [0.25, 0.3) is 11.9 Å². The first-order valence-corrected chi connectivity index (χ1v) is 6.75. The van der Waals surface area contributed by atoms with E-state index in [1.54, 1.807) is 60.7 Å². The minimum Gasteiger partial charge on any atom is -0.621 e. The van der Waals surface area contributed by atoms with E-state index in [1.165, 1.54) is 0 Å². The third-order valence-corrected chi connectivity index (χ3v) is 3.61. The number of aliphatic hydroxyl groups is 1. The van der Waals surface area contributed by atoms with Crippen molar-refractivity contribution in [3.05, 3.63) is 77.0 Å². The van der Waals surface area contributed by atoms with E-state index in [-0.39, 0.29) is 10.5 Å². The molecule has 6 nitrogen and oxygen atoms in total. The smallest absolute Gasteiger partial charge is 0.344 e. The molecular weight excluding hydrogens is 284 g/mol. The lowest BCUT2D eigenvalue weighted by atomic mass is 10.0. The highest BCUT2D eigenvalue weighted by Crippen LogP contribution is 2.28. The molecule has 0 unspecified atom stereocenters. The first kappa shape index (κ1) is 14.2. The topological polar surface area (TPSA) is 86.8 Å². The van der Waals surface area contributed by atoms with E-state index in [4.69, 9.17) is 0 Å². The molecule has 3 rings (SSSR count). The number of amides is 1. The van der Waals surface area contributed by atoms with Crippen LogP contribution in [0.3, 0.4) is 0 Å². The van der Waals surface area contributed by atoms with Crippen LogP contribution < -0.4 is 0 Å². The van der Waals surface area contributed by atoms with Crippen LogP contribution in [-0.2, 0) is 4.79 Å². The molecular formula is C16H14N2O4. The summed E-state index contributed by atoms with van der Waals surface area (Å²) in [4.78, 5) is 12.4. The molecule has 1 aliphatic rings. The number of benzene rings is 2. The van der Waals surface area contributed by atoms with Gasteiger partial charge in [0, 0.05) is 0 Å². The molecule has 2 N–H and O–H groups in total. The molecule has 0 bridgehead atoms. The van der Waals surface area contributed by atoms with Crippen molar-refractivity contribution < 1.29 is 19.8 Å². The molecule has 6 heteroatoms. The summed E-state index contributed by atoms with van der Waals surface area (Å²) in [7, 11) is 0. The Hall–Kier alpha value is -2.70. The van der Waals surface area contributed by atoms with Gasteiger partial charge in [-0.25, -0.2) is 0 Å². The number of carbonyl (C=O) groups is 1. The zero-order valence-corrected chi connectivity index (χ0v) is 11.5. The summed E-state index contributed by atoms with van der Waals surface area (Å²) in [5, 5.41) is 33.1. The molecule has 1 heterocycles. The van der Waals surface area contributed by atoms with Gasteiger partial charge in [-0.1, -0.05) is 48.5 Å². The zero-order valence-electron chi connectivity index (χ0n) is 11.5. The minimum absolute atomic E-state index is 0.252. The Morgan fingerprint density at radius 2 is 1.55 bits per heavy atom. The Balaban J connectivity index is 2.09. The number of hydrogen-bond donors (Lipinski definition) is 2. The summed E-state index contributed by atoms with van der Waals surface area (Å²) >= 11 is 0. The van der Waals surface area contributed by atoms with Gasteiger partial charge in [0.15, 0.2) is 6.04 Å². The van der Waals surface area contributed by atoms with Crippen molar-refractivity contribution in [3.8, 4) is 0 Å². The van der Waals surface area contributed by atoms with Crippen molar-refractivity contribution in [1.29, 1.82) is 0 Å². The molecule has 0 spiro atoms. The predicted octanol–water partition coefficient (Wildman–Crippen LogP) is 1.28. The molecule has 0 saturated carbocycles. The Morgan fingerprint density at radius 1 is 1.00 bits per heavy atom. The van der Waals surface area contributed by atoms with E-state index < -0.39 is 18.2 Å². The highest BCUT2D eigenvalue weighted by atomic mass is 16.5. The molecule has 0 fully saturated rings. The lowest BCUT2D eigenvalue weighted by Gasteiger charge is -2.33. The molecule has 112 valence electrons. The van der Waals surface area contributed by atoms with Crippen LogP contribution in [0.4, 0.5) is 0 Å². The summed E-state index contributed by atoms with van der Waals surface area (Å²) in [5.74, 6) is -0.847. The zero-order chi connectivity index (χ0) is 15.7. The Labute approximate surface area is 126 Å². The molecule has 0 saturated heterocycles. The Bertz CT molecular complexity index is 715. The fourth-order valence-corrected chi connectivity index (χ4v) is 2.53. The summed E-state index contributed by atoms with van der Waals surface area (Å²) in [6.45, 7) is 0. The van der Waals surface area contributed by atoms with Gasteiger partial charge in [-0.2, -0.15) is 9.80 Å². The molecule has 2 aromatic rings. The van der Waals surface area contributed by atoms with Gasteiger partial charge in [-0.05, 0) is 17.7 Å². The van der Waals surface area contributed by atoms with Crippen molar-refractivity contribution >= 4 is 11.6 Å². The molecule has 0 aromatic heterocycles. The maximum absolute atomic E-state index is 12.4. The first-order valence-electron chi connectivity index (χ1n) is 6.75. The molecule has 0 aliphatic carbocycles. The molecule has 1 amide bonds. The van der Waals surface area contributed by atoms with Crippen molar-refractivity contribution in [1.82, 2.24) is 5.06 Å². The SMILES string of the molecule is O=C1C(c2ccccc2)=[N+]([O-])[C@H](O)[C@H](c2ccccc2)N1O. The molecule has 2 aromatic carbocycles. The van der Waals surface area contributed by atoms with Crippen LogP contribution in [0.2, 0.25) is 0 Å². The van der Waals surface area contributed by atoms with Crippen LogP contribution in [0.5, 0.6) is 0 Å². The van der Waals surface area contributed by atoms with Gasteiger partial charge in [0.1, 0.15) is 0 Å². The standard InChI is InChI=1S/C16H14N2O4/c19-15-13(11-7-3-1-4-8-11)17(21)16(20)14(18(15)22)12-9-5-2-6-10-12/h1-10,13,15,19,21H/t13-,15+/m0/s1. The van der Waals surface area contributed by atoms with Crippen molar-refractivity contribution in [2.45, 2.75) is 12.3 Å². The Kier molecular flexibility index (Phi) is 3.62. The van der Waals surface area contributed by atoms with Crippen LogP contribution in [0, 0.1) is 5.21 Å². The number of rotatable bonds is 2. The number of hydroxylamine groups is 3. The summed E-state index contributed by atoms with van der Waals surface area (Å²) in [6.07, 6.45) is -1.60. The monoisotopic (exact) mass is 298 g/mol. The minimum atomic E-state index is -1.60. The van der Waals surface area contributed by atoms with Crippen LogP contribution in [0.25, 0.3) is 0 Å². The normalized spacial score (nSPS) is 22.1. The molecule has 0 radical (unpaired) electrons. The highest BCUT2D eigenvalue weighted by molar-refractivity contribution is 6.43. The third kappa shape index (κ3) is 2.24. The quantitative estimate of drug-likeness (QED) is 0.497. The lowest BCUT2D eigenvalue weighted by molar-refractivity contribution is -0.570. The second kappa shape index (κ2) is 5.59. The second-order valence-corrected chi connectivity index (χ2v) is 4.96. The molecule has 2 atom stereocenters. The van der Waals surface area contributed by atoms with Gasteiger partial charge in [0.2, 0.25) is 0 Å². The summed E-state index contributed by atoms with van der Waals surface area (Å²) in [5.41, 5.74) is 0.522. The van der Waals surface area contributed by atoms with Crippen molar-refractivity contribution in [2.75, 3.05) is 0 Å². The largest absolute Gasteiger partial charge is 0.621 e. The van der Waals surface area contributed by atoms with Gasteiger partial charge >= 0.3 is 5.91 Å². The number of aliphatic hydroxyl groups excluding tert-OH is 1. The van der Waals surface area contributed by atoms with Gasteiger partial charge < -0.3 is 10.3 Å². The summed E-state index contributed by atoms with van der Waals surface area (Å²) in [6, 6.07) is 15.5. The Morgan fingerprint density at radius 3 is 2.14 bits per heavy atom. The van der Waals surface area contributed by atoms with Gasteiger partial charge in [-0.15, -0.1) is 0 Å². The predicted molar refractivity (Wildman–Crippen MR) is 78.0 cm³/mol. The van der Waals surface area contributed by atoms with Crippen LogP contribution in [-0.4, -0.2) is 38.0 Å². The highest BCUT2D eigenvalue weighted by Gasteiger charge is 2.46. The number of carbonyl (C=O) groups excluding carboxylic acids is 1. The van der Waals surface area contributed by atoms with Crippen molar-refractivity contribution in [3.63, 3.8) is 0 Å². The van der Waals surface area contributed by atoms with Gasteiger partial charge in [0.05, 0.1) is 5.56 Å². The number of nitrogens with zero attached hydrogens (tertiary/aromatic N) is 2. The average molecular weight is 298 g/mol. The van der Waals surface area contributed by atoms with Crippen LogP contribution in [0.15, 0.2) is 60.7 Å². The fraction of sp³-hybridized carbons (Fsp3) is 0.125. The molecule has 22 heavy (non-hydrogen) atoms. The van der Waals surface area contributed by atoms with Gasteiger partial charge in [-0.3, -0.25) is 10.0 Å². The number of hydrogen-bond acceptors (Lipinski definition) is 4. The van der Waals surface area contributed by atoms with E-state index >= 15 is 0 Å². The second-order valence-electron chi connectivity index (χ2n) is 4.96. The van der Waals surface area contributed by atoms with Crippen LogP contribution in [0.1, 0.15) is 17.2 Å². The van der Waals surface area contributed by atoms with Crippen LogP contribution >= 0.6 is 0 Å². The van der Waals surface area contributed by atoms with E-state index in [0.717, 1.165) is 0 Å². The van der Waals surface area contributed by atoms with E-state index in [1.807, 2.05) is 0 Å². The average Bonchev–Trinajstić information content (AvgIpc) is 2.55. The van der Waals surface area contributed by atoms with E-state index in [0.29, 0.717) is 16.2 Å². The van der Waals surface area contributed by atoms with E-state index in [9.17, 15) is 20.3 Å². The first-order chi connectivity index (χ1) is 10.6. The maximum Gasteiger partial charge on any atom is 0.344 e. The third-order valence-electron chi connectivity index (χ3n) is 3.61. The maximum atomic E-state index is 12.4. The molecule has 1 aliphatic heterocycles. The summed E-state index contributed by atoms with van der Waals surface area (Å²) < 4.78 is 0.252.